The molecular weight excluding hydrogens is 380 g/mol. The fourth-order valence-electron chi connectivity index (χ4n) is 3.47. The standard InChI is InChI=1S/C19H16ClF2NO4/c20-13-8-16-17(27-10-26-16)9-15(13)23-18(24)19(3-5-25-6-4-19)12-2-1-11(21)7-14(12)22/h1-2,7-9H,3-6,10H2,(H,23,24). The molecule has 2 aliphatic heterocycles. The molecule has 0 radical (unpaired) electrons. The van der Waals surface area contributed by atoms with Gasteiger partial charge in [-0.05, 0) is 18.9 Å². The van der Waals surface area contributed by atoms with Gasteiger partial charge in [0.2, 0.25) is 12.7 Å². The normalized spacial score (nSPS) is 17.6. The van der Waals surface area contributed by atoms with Crippen LogP contribution in [0.5, 0.6) is 11.5 Å². The van der Waals surface area contributed by atoms with Gasteiger partial charge in [0, 0.05) is 37.0 Å². The van der Waals surface area contributed by atoms with Crippen molar-refractivity contribution in [2.45, 2.75) is 18.3 Å². The van der Waals surface area contributed by atoms with Crippen LogP contribution in [0.25, 0.3) is 0 Å². The number of hydrogen-bond acceptors (Lipinski definition) is 4. The zero-order valence-electron chi connectivity index (χ0n) is 14.2. The summed E-state index contributed by atoms with van der Waals surface area (Å²) in [5.74, 6) is -0.939. The maximum absolute atomic E-state index is 14.5. The van der Waals surface area contributed by atoms with Gasteiger partial charge in [-0.15, -0.1) is 0 Å². The number of hydrogen-bond donors (Lipinski definition) is 1. The molecule has 2 heterocycles. The molecule has 1 fully saturated rings. The Morgan fingerprint density at radius 2 is 1.78 bits per heavy atom. The minimum Gasteiger partial charge on any atom is -0.454 e. The molecule has 0 unspecified atom stereocenters. The van der Waals surface area contributed by atoms with Gasteiger partial charge in [-0.2, -0.15) is 0 Å². The average molecular weight is 396 g/mol. The summed E-state index contributed by atoms with van der Waals surface area (Å²) in [5.41, 5.74) is -0.712. The lowest BCUT2D eigenvalue weighted by Gasteiger charge is -2.36. The molecule has 2 aromatic carbocycles. The Hall–Kier alpha value is -2.38. The van der Waals surface area contributed by atoms with Gasteiger partial charge in [0.1, 0.15) is 11.6 Å². The molecule has 4 rings (SSSR count). The second-order valence-electron chi connectivity index (χ2n) is 6.46. The number of fused-ring (bicyclic) bond motifs is 1. The number of ether oxygens (including phenoxy) is 3. The summed E-state index contributed by atoms with van der Waals surface area (Å²) < 4.78 is 43.8. The molecule has 0 bridgehead atoms. The van der Waals surface area contributed by atoms with Gasteiger partial charge >= 0.3 is 0 Å². The lowest BCUT2D eigenvalue weighted by atomic mass is 9.73. The highest BCUT2D eigenvalue weighted by atomic mass is 35.5. The second kappa shape index (κ2) is 6.98. The van der Waals surface area contributed by atoms with Crippen molar-refractivity contribution < 1.29 is 27.8 Å². The van der Waals surface area contributed by atoms with Crippen LogP contribution in [0.3, 0.4) is 0 Å². The van der Waals surface area contributed by atoms with E-state index in [1.165, 1.54) is 6.07 Å². The molecule has 1 saturated heterocycles. The van der Waals surface area contributed by atoms with Crippen molar-refractivity contribution >= 4 is 23.2 Å². The molecule has 0 atom stereocenters. The third kappa shape index (κ3) is 3.21. The summed E-state index contributed by atoms with van der Waals surface area (Å²) in [7, 11) is 0. The van der Waals surface area contributed by atoms with Gasteiger partial charge in [-0.25, -0.2) is 8.78 Å². The summed E-state index contributed by atoms with van der Waals surface area (Å²) in [5, 5.41) is 3.04. The molecule has 142 valence electrons. The first-order chi connectivity index (χ1) is 13.0. The van der Waals surface area contributed by atoms with Crippen LogP contribution in [0.1, 0.15) is 18.4 Å². The molecule has 27 heavy (non-hydrogen) atoms. The zero-order chi connectivity index (χ0) is 19.0. The van der Waals surface area contributed by atoms with Crippen LogP contribution in [-0.2, 0) is 14.9 Å². The van der Waals surface area contributed by atoms with Crippen LogP contribution >= 0.6 is 11.6 Å². The molecule has 2 aliphatic rings. The number of nitrogens with one attached hydrogen (secondary N) is 1. The molecule has 0 aliphatic carbocycles. The fraction of sp³-hybridized carbons (Fsp3) is 0.316. The van der Waals surface area contributed by atoms with Crippen LogP contribution in [-0.4, -0.2) is 25.9 Å². The van der Waals surface area contributed by atoms with Crippen molar-refractivity contribution in [3.8, 4) is 11.5 Å². The van der Waals surface area contributed by atoms with Crippen molar-refractivity contribution in [2.24, 2.45) is 0 Å². The van der Waals surface area contributed by atoms with Gasteiger partial charge in [0.25, 0.3) is 0 Å². The zero-order valence-corrected chi connectivity index (χ0v) is 14.9. The van der Waals surface area contributed by atoms with Gasteiger partial charge in [-0.3, -0.25) is 4.79 Å². The van der Waals surface area contributed by atoms with Gasteiger partial charge in [-0.1, -0.05) is 17.7 Å². The van der Waals surface area contributed by atoms with Crippen molar-refractivity contribution in [3.63, 3.8) is 0 Å². The number of carbonyl (C=O) groups is 1. The van der Waals surface area contributed by atoms with Gasteiger partial charge < -0.3 is 19.5 Å². The second-order valence-corrected chi connectivity index (χ2v) is 6.87. The highest BCUT2D eigenvalue weighted by molar-refractivity contribution is 6.34. The first kappa shape index (κ1) is 18.0. The van der Waals surface area contributed by atoms with E-state index < -0.39 is 23.0 Å². The monoisotopic (exact) mass is 395 g/mol. The number of carbonyl (C=O) groups excluding carboxylic acids is 1. The average Bonchev–Trinajstić information content (AvgIpc) is 3.09. The van der Waals surface area contributed by atoms with Crippen LogP contribution < -0.4 is 14.8 Å². The molecule has 8 heteroatoms. The Kier molecular flexibility index (Phi) is 4.65. The maximum Gasteiger partial charge on any atom is 0.235 e. The summed E-state index contributed by atoms with van der Waals surface area (Å²) in [6.07, 6.45) is 0.535. The van der Waals surface area contributed by atoms with Crippen molar-refractivity contribution in [1.29, 1.82) is 0 Å². The molecular formula is C19H16ClF2NO4. The van der Waals surface area contributed by atoms with E-state index in [4.69, 9.17) is 25.8 Å². The Morgan fingerprint density at radius 3 is 2.48 bits per heavy atom. The molecule has 0 saturated carbocycles. The summed E-state index contributed by atoms with van der Waals surface area (Å²) in [6, 6.07) is 6.37. The highest BCUT2D eigenvalue weighted by Gasteiger charge is 2.44. The Labute approximate surface area is 159 Å². The van der Waals surface area contributed by atoms with Crippen LogP contribution in [0.4, 0.5) is 14.5 Å². The minimum atomic E-state index is -1.18. The Balaban J connectivity index is 1.70. The van der Waals surface area contributed by atoms with E-state index >= 15 is 0 Å². The third-order valence-electron chi connectivity index (χ3n) is 4.94. The summed E-state index contributed by atoms with van der Waals surface area (Å²) >= 11 is 6.24. The fourth-order valence-corrected chi connectivity index (χ4v) is 3.67. The molecule has 0 spiro atoms. The van der Waals surface area contributed by atoms with Gasteiger partial charge in [0.05, 0.1) is 16.1 Å². The van der Waals surface area contributed by atoms with E-state index in [2.05, 4.69) is 5.32 Å². The van der Waals surface area contributed by atoms with E-state index in [1.807, 2.05) is 0 Å². The molecule has 1 amide bonds. The van der Waals surface area contributed by atoms with E-state index in [1.54, 1.807) is 12.1 Å². The molecule has 2 aromatic rings. The topological polar surface area (TPSA) is 56.8 Å². The van der Waals surface area contributed by atoms with E-state index in [0.717, 1.165) is 12.1 Å². The largest absolute Gasteiger partial charge is 0.454 e. The number of rotatable bonds is 3. The Morgan fingerprint density at radius 1 is 1.07 bits per heavy atom. The predicted octanol–water partition coefficient (Wildman–Crippen LogP) is 4.03. The summed E-state index contributed by atoms with van der Waals surface area (Å²) in [4.78, 5) is 13.2. The third-order valence-corrected chi connectivity index (χ3v) is 5.25. The Bertz CT molecular complexity index is 900. The lowest BCUT2D eigenvalue weighted by Crippen LogP contribution is -2.45. The maximum atomic E-state index is 14.5. The first-order valence-corrected chi connectivity index (χ1v) is 8.81. The van der Waals surface area contributed by atoms with Crippen molar-refractivity contribution in [1.82, 2.24) is 0 Å². The quantitative estimate of drug-likeness (QED) is 0.852. The number of halogens is 3. The SMILES string of the molecule is O=C(Nc1cc2c(cc1Cl)OCO2)C1(c2ccc(F)cc2F)CCOCC1. The molecule has 5 nitrogen and oxygen atoms in total. The van der Waals surface area contributed by atoms with Crippen LogP contribution in [0.15, 0.2) is 30.3 Å². The van der Waals surface area contributed by atoms with E-state index in [-0.39, 0.29) is 30.2 Å². The minimum absolute atomic E-state index is 0.0745. The predicted molar refractivity (Wildman–Crippen MR) is 94.3 cm³/mol. The highest BCUT2D eigenvalue weighted by Crippen LogP contribution is 2.42. The smallest absolute Gasteiger partial charge is 0.235 e. The number of amides is 1. The number of anilines is 1. The van der Waals surface area contributed by atoms with Crippen LogP contribution in [0, 0.1) is 11.6 Å². The molecule has 0 aromatic heterocycles. The number of benzene rings is 2. The van der Waals surface area contributed by atoms with E-state index in [0.29, 0.717) is 30.4 Å². The summed E-state index contributed by atoms with van der Waals surface area (Å²) in [6.45, 7) is 0.656. The first-order valence-electron chi connectivity index (χ1n) is 8.43. The van der Waals surface area contributed by atoms with Crippen molar-refractivity contribution in [3.05, 3.63) is 52.6 Å². The van der Waals surface area contributed by atoms with Gasteiger partial charge in [0.15, 0.2) is 11.5 Å². The van der Waals surface area contributed by atoms with Crippen LogP contribution in [0.2, 0.25) is 5.02 Å². The lowest BCUT2D eigenvalue weighted by molar-refractivity contribution is -0.125. The van der Waals surface area contributed by atoms with E-state index in [9.17, 15) is 13.6 Å². The van der Waals surface area contributed by atoms with Crippen molar-refractivity contribution in [2.75, 3.05) is 25.3 Å². The molecule has 1 N–H and O–H groups in total.